The third kappa shape index (κ3) is 2.14. The summed E-state index contributed by atoms with van der Waals surface area (Å²) in [5.74, 6) is -3.04. The first kappa shape index (κ1) is 15.7. The van der Waals surface area contributed by atoms with E-state index >= 15 is 0 Å². The zero-order valence-electron chi connectivity index (χ0n) is 11.6. The van der Waals surface area contributed by atoms with E-state index in [1.165, 1.54) is 24.3 Å². The lowest BCUT2D eigenvalue weighted by molar-refractivity contribution is -0.159. The molecule has 0 aromatic heterocycles. The van der Waals surface area contributed by atoms with E-state index in [4.69, 9.17) is 11.5 Å². The summed E-state index contributed by atoms with van der Waals surface area (Å²) in [7, 11) is 0. The molecule has 2 aromatic rings. The molecule has 6 N–H and O–H groups in total. The highest BCUT2D eigenvalue weighted by atomic mass is 16.4. The molecule has 0 saturated heterocycles. The Morgan fingerprint density at radius 1 is 0.682 bits per heavy atom. The number of hydrogen-bond donors (Lipinski definition) is 4. The predicted octanol–water partition coefficient (Wildman–Crippen LogP) is 0.864. The minimum Gasteiger partial charge on any atom is -0.480 e. The molecule has 114 valence electrons. The second-order valence-electron chi connectivity index (χ2n) is 4.96. The molecule has 0 spiro atoms. The summed E-state index contributed by atoms with van der Waals surface area (Å²) in [5.41, 5.74) is 7.69. The zero-order chi connectivity index (χ0) is 16.4. The Morgan fingerprint density at radius 3 is 1.18 bits per heavy atom. The van der Waals surface area contributed by atoms with Gasteiger partial charge in [0.1, 0.15) is 0 Å². The molecular weight excluding hydrogens is 284 g/mol. The minimum absolute atomic E-state index is 0.108. The van der Waals surface area contributed by atoms with Gasteiger partial charge in [0.05, 0.1) is 0 Å². The molecule has 6 heteroatoms. The van der Waals surface area contributed by atoms with E-state index in [0.29, 0.717) is 0 Å². The number of carboxylic acid groups (broad SMARTS) is 2. The topological polar surface area (TPSA) is 127 Å². The van der Waals surface area contributed by atoms with Gasteiger partial charge in [-0.3, -0.25) is 0 Å². The normalized spacial score (nSPS) is 16.3. The molecule has 2 rings (SSSR count). The van der Waals surface area contributed by atoms with Crippen LogP contribution in [-0.2, 0) is 20.7 Å². The van der Waals surface area contributed by atoms with Crippen molar-refractivity contribution in [1.82, 2.24) is 0 Å². The predicted molar refractivity (Wildman–Crippen MR) is 79.9 cm³/mol. The maximum atomic E-state index is 11.9. The molecule has 0 saturated carbocycles. The first-order valence-electron chi connectivity index (χ1n) is 6.50. The van der Waals surface area contributed by atoms with E-state index in [1.807, 2.05) is 0 Å². The van der Waals surface area contributed by atoms with Crippen molar-refractivity contribution in [2.75, 3.05) is 0 Å². The van der Waals surface area contributed by atoms with Crippen molar-refractivity contribution < 1.29 is 19.8 Å². The van der Waals surface area contributed by atoms with Gasteiger partial charge in [0, 0.05) is 0 Å². The van der Waals surface area contributed by atoms with Crippen LogP contribution >= 0.6 is 0 Å². The highest BCUT2D eigenvalue weighted by molar-refractivity contribution is 5.94. The number of hydrogen-bond acceptors (Lipinski definition) is 4. The molecule has 0 heterocycles. The van der Waals surface area contributed by atoms with Crippen LogP contribution in [0, 0.1) is 0 Å². The Balaban J connectivity index is 2.78. The van der Waals surface area contributed by atoms with Gasteiger partial charge in [0.15, 0.2) is 11.1 Å². The van der Waals surface area contributed by atoms with Crippen LogP contribution in [0.15, 0.2) is 60.7 Å². The summed E-state index contributed by atoms with van der Waals surface area (Å²) < 4.78 is 0. The van der Waals surface area contributed by atoms with Gasteiger partial charge in [-0.05, 0) is 11.1 Å². The Hall–Kier alpha value is -2.70. The van der Waals surface area contributed by atoms with Crippen LogP contribution in [0.4, 0.5) is 0 Å². The zero-order valence-corrected chi connectivity index (χ0v) is 11.6. The molecule has 0 aliphatic heterocycles. The standard InChI is InChI=1S/C16H16N2O4/c17-15(13(19)20,11-7-3-1-4-8-11)16(18,14(21)22)12-9-5-2-6-10-12/h1-10H,17-18H2,(H,19,20)(H,21,22). The van der Waals surface area contributed by atoms with Gasteiger partial charge >= 0.3 is 11.9 Å². The molecule has 2 unspecified atom stereocenters. The van der Waals surface area contributed by atoms with E-state index in [0.717, 1.165) is 0 Å². The van der Waals surface area contributed by atoms with Crippen LogP contribution < -0.4 is 11.5 Å². The largest absolute Gasteiger partial charge is 0.480 e. The van der Waals surface area contributed by atoms with Crippen LogP contribution in [0.5, 0.6) is 0 Å². The fraction of sp³-hybridized carbons (Fsp3) is 0.125. The van der Waals surface area contributed by atoms with Crippen LogP contribution in [0.25, 0.3) is 0 Å². The molecule has 0 radical (unpaired) electrons. The summed E-state index contributed by atoms with van der Waals surface area (Å²) >= 11 is 0. The maximum Gasteiger partial charge on any atom is 0.331 e. The van der Waals surface area contributed by atoms with Crippen LogP contribution in [-0.4, -0.2) is 22.2 Å². The molecular formula is C16H16N2O4. The fourth-order valence-corrected chi connectivity index (χ4v) is 2.44. The van der Waals surface area contributed by atoms with E-state index in [1.54, 1.807) is 36.4 Å². The third-order valence-corrected chi connectivity index (χ3v) is 3.75. The number of carboxylic acids is 2. The first-order valence-corrected chi connectivity index (χ1v) is 6.50. The third-order valence-electron chi connectivity index (χ3n) is 3.75. The van der Waals surface area contributed by atoms with Gasteiger partial charge in [-0.2, -0.15) is 0 Å². The Bertz CT molecular complexity index is 628. The SMILES string of the molecule is NC(C(=O)O)(c1ccccc1)C(N)(C(=O)O)c1ccccc1. The van der Waals surface area contributed by atoms with Gasteiger partial charge in [-0.1, -0.05) is 60.7 Å². The second kappa shape index (κ2) is 5.59. The Labute approximate surface area is 127 Å². The van der Waals surface area contributed by atoms with Gasteiger partial charge < -0.3 is 21.7 Å². The van der Waals surface area contributed by atoms with Crippen molar-refractivity contribution in [2.45, 2.75) is 11.1 Å². The number of benzene rings is 2. The van der Waals surface area contributed by atoms with Crippen LogP contribution in [0.3, 0.4) is 0 Å². The maximum absolute atomic E-state index is 11.9. The molecule has 2 atom stereocenters. The highest BCUT2D eigenvalue weighted by Crippen LogP contribution is 2.37. The van der Waals surface area contributed by atoms with Gasteiger partial charge in [-0.25, -0.2) is 9.59 Å². The average molecular weight is 300 g/mol. The van der Waals surface area contributed by atoms with Crippen molar-refractivity contribution in [3.05, 3.63) is 71.8 Å². The molecule has 0 aliphatic carbocycles. The van der Waals surface area contributed by atoms with Crippen molar-refractivity contribution >= 4 is 11.9 Å². The smallest absolute Gasteiger partial charge is 0.331 e. The van der Waals surface area contributed by atoms with Crippen molar-refractivity contribution in [3.8, 4) is 0 Å². The van der Waals surface area contributed by atoms with E-state index in [-0.39, 0.29) is 11.1 Å². The van der Waals surface area contributed by atoms with Crippen molar-refractivity contribution in [3.63, 3.8) is 0 Å². The van der Waals surface area contributed by atoms with Gasteiger partial charge in [0.2, 0.25) is 0 Å². The van der Waals surface area contributed by atoms with Crippen molar-refractivity contribution in [1.29, 1.82) is 0 Å². The molecule has 22 heavy (non-hydrogen) atoms. The summed E-state index contributed by atoms with van der Waals surface area (Å²) in [5, 5.41) is 19.3. The number of aliphatic carboxylic acids is 2. The Kier molecular flexibility index (Phi) is 3.99. The monoisotopic (exact) mass is 300 g/mol. The molecule has 0 fully saturated rings. The lowest BCUT2D eigenvalue weighted by Gasteiger charge is -2.40. The minimum atomic E-state index is -2.33. The van der Waals surface area contributed by atoms with E-state index < -0.39 is 23.0 Å². The van der Waals surface area contributed by atoms with Gasteiger partial charge in [-0.15, -0.1) is 0 Å². The van der Waals surface area contributed by atoms with Crippen LogP contribution in [0.2, 0.25) is 0 Å². The Morgan fingerprint density at radius 2 is 0.955 bits per heavy atom. The lowest BCUT2D eigenvalue weighted by Crippen LogP contribution is -2.69. The van der Waals surface area contributed by atoms with Crippen LogP contribution in [0.1, 0.15) is 11.1 Å². The fourth-order valence-electron chi connectivity index (χ4n) is 2.44. The molecule has 0 amide bonds. The number of rotatable bonds is 5. The number of nitrogens with two attached hydrogens (primary N) is 2. The average Bonchev–Trinajstić information content (AvgIpc) is 2.54. The summed E-state index contributed by atoms with van der Waals surface area (Å²) in [6, 6.07) is 15.4. The lowest BCUT2D eigenvalue weighted by atomic mass is 9.69. The molecule has 6 nitrogen and oxygen atoms in total. The second-order valence-corrected chi connectivity index (χ2v) is 4.96. The quantitative estimate of drug-likeness (QED) is 0.648. The summed E-state index contributed by atoms with van der Waals surface area (Å²) in [6.07, 6.45) is 0. The molecule has 2 aromatic carbocycles. The first-order chi connectivity index (χ1) is 10.3. The van der Waals surface area contributed by atoms with E-state index in [9.17, 15) is 19.8 Å². The van der Waals surface area contributed by atoms with E-state index in [2.05, 4.69) is 0 Å². The summed E-state index contributed by atoms with van der Waals surface area (Å²) in [4.78, 5) is 23.8. The highest BCUT2D eigenvalue weighted by Gasteiger charge is 2.59. The summed E-state index contributed by atoms with van der Waals surface area (Å²) in [6.45, 7) is 0. The van der Waals surface area contributed by atoms with Crippen molar-refractivity contribution in [2.24, 2.45) is 11.5 Å². The molecule has 0 aliphatic rings. The van der Waals surface area contributed by atoms with Gasteiger partial charge in [0.25, 0.3) is 0 Å². The molecule has 0 bridgehead atoms. The number of carbonyl (C=O) groups is 2.